The molecule has 0 heterocycles. The number of hydrogen-bond donors (Lipinski definition) is 0. The van der Waals surface area contributed by atoms with Gasteiger partial charge in [-0.3, -0.25) is 4.57 Å². The van der Waals surface area contributed by atoms with E-state index in [2.05, 4.69) is 0 Å². The van der Waals surface area contributed by atoms with Crippen molar-refractivity contribution in [1.82, 2.24) is 0 Å². The highest BCUT2D eigenvalue weighted by Crippen LogP contribution is 2.60. The van der Waals surface area contributed by atoms with E-state index in [1.54, 1.807) is 0 Å². The maximum absolute atomic E-state index is 13.4. The predicted octanol–water partition coefficient (Wildman–Crippen LogP) is 5.34. The Balaban J connectivity index is 2.30. The molecule has 0 aliphatic heterocycles. The Kier molecular flexibility index (Phi) is 4.35. The van der Waals surface area contributed by atoms with Crippen LogP contribution in [0, 0.1) is 0 Å². The van der Waals surface area contributed by atoms with Gasteiger partial charge in [0, 0.05) is 5.16 Å². The summed E-state index contributed by atoms with van der Waals surface area (Å²) in [6.45, 7) is 5.92. The van der Waals surface area contributed by atoms with Gasteiger partial charge in [0.2, 0.25) is 0 Å². The number of benzene rings is 2. The Morgan fingerprint density at radius 3 is 1.90 bits per heavy atom. The first-order chi connectivity index (χ1) is 9.41. The summed E-state index contributed by atoms with van der Waals surface area (Å²) < 4.78 is 19.3. The zero-order valence-corrected chi connectivity index (χ0v) is 13.1. The van der Waals surface area contributed by atoms with Gasteiger partial charge in [0.25, 0.3) is 7.37 Å². The summed E-state index contributed by atoms with van der Waals surface area (Å²) in [6, 6.07) is 19.3. The third-order valence-corrected chi connectivity index (χ3v) is 6.58. The zero-order chi connectivity index (χ0) is 14.6. The predicted molar refractivity (Wildman–Crippen MR) is 84.6 cm³/mol. The largest absolute Gasteiger partial charge is 0.442 e. The Morgan fingerprint density at radius 1 is 0.900 bits per heavy atom. The van der Waals surface area contributed by atoms with Crippen molar-refractivity contribution in [2.75, 3.05) is 0 Å². The van der Waals surface area contributed by atoms with Crippen LogP contribution in [-0.2, 0) is 10.7 Å². The van der Waals surface area contributed by atoms with Gasteiger partial charge in [-0.2, -0.15) is 0 Å². The molecule has 1 unspecified atom stereocenters. The molecule has 20 heavy (non-hydrogen) atoms. The monoisotopic (exact) mass is 288 g/mol. The Morgan fingerprint density at radius 2 is 1.40 bits per heavy atom. The van der Waals surface area contributed by atoms with Crippen LogP contribution in [0.15, 0.2) is 60.7 Å². The lowest BCUT2D eigenvalue weighted by molar-refractivity contribution is 0.448. The lowest BCUT2D eigenvalue weighted by Gasteiger charge is -2.31. The summed E-state index contributed by atoms with van der Waals surface area (Å²) in [5.41, 5.74) is 1.04. The highest BCUT2D eigenvalue weighted by molar-refractivity contribution is 7.60. The van der Waals surface area contributed by atoms with Crippen LogP contribution in [0.5, 0.6) is 5.75 Å². The van der Waals surface area contributed by atoms with Gasteiger partial charge >= 0.3 is 0 Å². The van der Waals surface area contributed by atoms with Crippen LogP contribution < -0.4 is 4.52 Å². The van der Waals surface area contributed by atoms with E-state index < -0.39 is 12.5 Å². The lowest BCUT2D eigenvalue weighted by atomic mass is 10.2. The molecule has 0 amide bonds. The van der Waals surface area contributed by atoms with Gasteiger partial charge in [-0.15, -0.1) is 0 Å². The maximum atomic E-state index is 13.4. The fourth-order valence-corrected chi connectivity index (χ4v) is 3.85. The van der Waals surface area contributed by atoms with E-state index in [9.17, 15) is 4.57 Å². The SMILES string of the molecule is CC(C)(C)P(=O)(Cc1ccccc1)Oc1ccccc1. The average Bonchev–Trinajstić information content (AvgIpc) is 2.39. The molecule has 0 aliphatic rings. The van der Waals surface area contributed by atoms with E-state index in [1.807, 2.05) is 81.4 Å². The molecule has 0 fully saturated rings. The highest BCUT2D eigenvalue weighted by atomic mass is 31.2. The average molecular weight is 288 g/mol. The molecule has 2 rings (SSSR count). The molecule has 1 atom stereocenters. The second kappa shape index (κ2) is 5.85. The molecule has 0 bridgehead atoms. The van der Waals surface area contributed by atoms with E-state index in [4.69, 9.17) is 4.52 Å². The molecule has 0 aliphatic carbocycles. The standard InChI is InChI=1S/C17H21O2P/c1-17(2,3)20(18,14-15-10-6-4-7-11-15)19-16-12-8-5-9-13-16/h4-13H,14H2,1-3H3. The van der Waals surface area contributed by atoms with Crippen molar-refractivity contribution in [2.45, 2.75) is 32.1 Å². The zero-order valence-electron chi connectivity index (χ0n) is 12.2. The van der Waals surface area contributed by atoms with Crippen LogP contribution in [-0.4, -0.2) is 5.16 Å². The summed E-state index contributed by atoms with van der Waals surface area (Å²) >= 11 is 0. The minimum Gasteiger partial charge on any atom is -0.442 e. The highest BCUT2D eigenvalue weighted by Gasteiger charge is 2.39. The fraction of sp³-hybridized carbons (Fsp3) is 0.294. The van der Waals surface area contributed by atoms with Crippen molar-refractivity contribution in [2.24, 2.45) is 0 Å². The smallest absolute Gasteiger partial charge is 0.257 e. The summed E-state index contributed by atoms with van der Waals surface area (Å²) in [5, 5.41) is -0.404. The fourth-order valence-electron chi connectivity index (χ4n) is 1.88. The second-order valence-electron chi connectivity index (χ2n) is 5.89. The Labute approximate surface area is 121 Å². The van der Waals surface area contributed by atoms with Crippen LogP contribution in [0.2, 0.25) is 0 Å². The molecule has 0 radical (unpaired) electrons. The minimum atomic E-state index is -2.85. The topological polar surface area (TPSA) is 26.3 Å². The number of hydrogen-bond acceptors (Lipinski definition) is 2. The summed E-state index contributed by atoms with van der Waals surface area (Å²) in [7, 11) is -2.85. The number of para-hydroxylation sites is 1. The Hall–Kier alpha value is -1.53. The quantitative estimate of drug-likeness (QED) is 0.710. The van der Waals surface area contributed by atoms with Crippen molar-refractivity contribution in [3.63, 3.8) is 0 Å². The second-order valence-corrected chi connectivity index (χ2v) is 9.08. The van der Waals surface area contributed by atoms with Crippen LogP contribution in [0.4, 0.5) is 0 Å². The van der Waals surface area contributed by atoms with Crippen molar-refractivity contribution >= 4 is 7.37 Å². The van der Waals surface area contributed by atoms with Crippen molar-refractivity contribution < 1.29 is 9.09 Å². The first kappa shape index (κ1) is 14.9. The molecule has 0 N–H and O–H groups in total. The van der Waals surface area contributed by atoms with E-state index in [0.717, 1.165) is 5.56 Å². The van der Waals surface area contributed by atoms with E-state index in [1.165, 1.54) is 0 Å². The van der Waals surface area contributed by atoms with Gasteiger partial charge in [0.15, 0.2) is 0 Å². The van der Waals surface area contributed by atoms with Crippen molar-refractivity contribution in [3.8, 4) is 5.75 Å². The minimum absolute atomic E-state index is 0.404. The third-order valence-electron chi connectivity index (χ3n) is 3.25. The molecule has 3 heteroatoms. The number of rotatable bonds is 4. The van der Waals surface area contributed by atoms with E-state index in [0.29, 0.717) is 11.9 Å². The van der Waals surface area contributed by atoms with E-state index >= 15 is 0 Å². The van der Waals surface area contributed by atoms with Gasteiger partial charge in [0.1, 0.15) is 5.75 Å². The summed E-state index contributed by atoms with van der Waals surface area (Å²) in [5.74, 6) is 0.668. The molecule has 0 saturated heterocycles. The first-order valence-corrected chi connectivity index (χ1v) is 8.59. The molecular formula is C17H21O2P. The third kappa shape index (κ3) is 3.52. The van der Waals surface area contributed by atoms with Crippen LogP contribution in [0.3, 0.4) is 0 Å². The Bertz CT molecular complexity index is 540. The van der Waals surface area contributed by atoms with Crippen molar-refractivity contribution in [3.05, 3.63) is 66.2 Å². The molecule has 0 spiro atoms. The van der Waals surface area contributed by atoms with Gasteiger partial charge < -0.3 is 4.52 Å². The van der Waals surface area contributed by atoms with Gasteiger partial charge in [-0.05, 0) is 17.7 Å². The lowest BCUT2D eigenvalue weighted by Crippen LogP contribution is -2.20. The van der Waals surface area contributed by atoms with Crippen LogP contribution >= 0.6 is 7.37 Å². The molecule has 0 aromatic heterocycles. The summed E-state index contributed by atoms with van der Waals surface area (Å²) in [4.78, 5) is 0. The molecule has 106 valence electrons. The molecule has 2 aromatic rings. The van der Waals surface area contributed by atoms with Crippen LogP contribution in [0.25, 0.3) is 0 Å². The van der Waals surface area contributed by atoms with Crippen LogP contribution in [0.1, 0.15) is 26.3 Å². The molecule has 0 saturated carbocycles. The first-order valence-electron chi connectivity index (χ1n) is 6.78. The maximum Gasteiger partial charge on any atom is 0.257 e. The normalized spacial score (nSPS) is 14.6. The van der Waals surface area contributed by atoms with Crippen molar-refractivity contribution in [1.29, 1.82) is 0 Å². The van der Waals surface area contributed by atoms with Gasteiger partial charge in [-0.1, -0.05) is 69.3 Å². The molecular weight excluding hydrogens is 267 g/mol. The van der Waals surface area contributed by atoms with Gasteiger partial charge in [0.05, 0.1) is 6.16 Å². The molecule has 2 nitrogen and oxygen atoms in total. The van der Waals surface area contributed by atoms with E-state index in [-0.39, 0.29) is 0 Å². The molecule has 2 aromatic carbocycles. The van der Waals surface area contributed by atoms with Gasteiger partial charge in [-0.25, -0.2) is 0 Å². The summed E-state index contributed by atoms with van der Waals surface area (Å²) in [6.07, 6.45) is 0.451.